The van der Waals surface area contributed by atoms with Crippen molar-refractivity contribution in [1.82, 2.24) is 19.9 Å². The van der Waals surface area contributed by atoms with Crippen molar-refractivity contribution in [1.29, 1.82) is 0 Å². The molecular formula is C31H35N7O7. The van der Waals surface area contributed by atoms with Crippen LogP contribution in [0.3, 0.4) is 0 Å². The molecule has 0 aliphatic carbocycles. The van der Waals surface area contributed by atoms with Crippen LogP contribution in [0, 0.1) is 0 Å². The Morgan fingerprint density at radius 1 is 1.04 bits per heavy atom. The molecule has 1 aliphatic rings. The smallest absolute Gasteiger partial charge is 0.415 e. The topological polar surface area (TPSA) is 158 Å². The molecule has 0 radical (unpaired) electrons. The summed E-state index contributed by atoms with van der Waals surface area (Å²) >= 11 is 0. The maximum Gasteiger partial charge on any atom is 0.415 e. The first-order valence-electron chi connectivity index (χ1n) is 14.3. The van der Waals surface area contributed by atoms with E-state index in [1.165, 1.54) is 13.3 Å². The number of nitrogens with one attached hydrogen (secondary N) is 3. The largest absolute Gasteiger partial charge is 0.494 e. The minimum absolute atomic E-state index is 0.168. The van der Waals surface area contributed by atoms with Gasteiger partial charge in [-0.25, -0.2) is 29.7 Å². The van der Waals surface area contributed by atoms with Crippen molar-refractivity contribution in [2.45, 2.75) is 20.0 Å². The summed E-state index contributed by atoms with van der Waals surface area (Å²) in [5.41, 5.74) is 3.75. The van der Waals surface area contributed by atoms with E-state index in [0.717, 1.165) is 23.6 Å². The van der Waals surface area contributed by atoms with E-state index in [1.54, 1.807) is 26.0 Å². The van der Waals surface area contributed by atoms with Gasteiger partial charge in [0.05, 0.1) is 56.3 Å². The second-order valence-electron chi connectivity index (χ2n) is 10.4. The van der Waals surface area contributed by atoms with Crippen LogP contribution in [-0.2, 0) is 21.3 Å². The number of carbonyl (C=O) groups excluding carboxylic acids is 3. The number of alkyl carbamates (subject to hydrolysis) is 1. The number of urea groups is 1. The fourth-order valence-electron chi connectivity index (χ4n) is 5.02. The maximum atomic E-state index is 13.2. The summed E-state index contributed by atoms with van der Waals surface area (Å²) in [6.45, 7) is 5.72. The standard InChI is InChI=1S/C31H35N7O7/c1-18(2)45-28(39)20-16-32-29(35-27(20)21-17-37(3)24-9-7-6-8-19(21)24)33-23-14-22(34-30(40)36-31(41)43-5)25(15-26(23)42-4)38-10-12-44-13-11-38/h6-9,14-18H,10-13H2,1-5H3,(H,32,33,35)(H2,34,36,40,41). The van der Waals surface area contributed by atoms with Gasteiger partial charge in [0.15, 0.2) is 0 Å². The molecule has 14 heteroatoms. The van der Waals surface area contributed by atoms with Crippen molar-refractivity contribution in [3.63, 3.8) is 0 Å². The monoisotopic (exact) mass is 617 g/mol. The Labute approximate surface area is 259 Å². The molecule has 4 aromatic rings. The fourth-order valence-corrected chi connectivity index (χ4v) is 5.02. The number of morpholine rings is 1. The molecular weight excluding hydrogens is 582 g/mol. The quantitative estimate of drug-likeness (QED) is 0.236. The first kappa shape index (κ1) is 31.1. The predicted molar refractivity (Wildman–Crippen MR) is 168 cm³/mol. The molecule has 1 saturated heterocycles. The Hall–Kier alpha value is -5.37. The highest BCUT2D eigenvalue weighted by Gasteiger charge is 2.24. The van der Waals surface area contributed by atoms with E-state index in [0.29, 0.717) is 54.8 Å². The van der Waals surface area contributed by atoms with Gasteiger partial charge in [0, 0.05) is 55.1 Å². The number of hydrogen-bond acceptors (Lipinski definition) is 11. The average molecular weight is 618 g/mol. The highest BCUT2D eigenvalue weighted by Crippen LogP contribution is 2.39. The molecule has 3 amide bonds. The lowest BCUT2D eigenvalue weighted by molar-refractivity contribution is 0.0378. The summed E-state index contributed by atoms with van der Waals surface area (Å²) in [5, 5.41) is 8.90. The fraction of sp³-hybridized carbons (Fsp3) is 0.323. The Morgan fingerprint density at radius 2 is 1.80 bits per heavy atom. The summed E-state index contributed by atoms with van der Waals surface area (Å²) in [4.78, 5) is 48.7. The number of carbonyl (C=O) groups is 3. The van der Waals surface area contributed by atoms with E-state index in [9.17, 15) is 14.4 Å². The lowest BCUT2D eigenvalue weighted by atomic mass is 10.1. The number of aryl methyl sites for hydroxylation is 1. The van der Waals surface area contributed by atoms with Gasteiger partial charge in [-0.05, 0) is 26.0 Å². The van der Waals surface area contributed by atoms with Gasteiger partial charge < -0.3 is 39.0 Å². The Morgan fingerprint density at radius 3 is 2.51 bits per heavy atom. The van der Waals surface area contributed by atoms with Gasteiger partial charge >= 0.3 is 18.1 Å². The molecule has 45 heavy (non-hydrogen) atoms. The molecule has 0 spiro atoms. The molecule has 1 fully saturated rings. The van der Waals surface area contributed by atoms with Crippen LogP contribution in [0.1, 0.15) is 24.2 Å². The Balaban J connectivity index is 1.58. The molecule has 3 N–H and O–H groups in total. The SMILES string of the molecule is COC(=O)NC(=O)Nc1cc(Nc2ncc(C(=O)OC(C)C)c(-c3cn(C)c4ccccc34)n2)c(OC)cc1N1CCOCC1. The molecule has 0 unspecified atom stereocenters. The highest BCUT2D eigenvalue weighted by molar-refractivity contribution is 6.03. The van der Waals surface area contributed by atoms with Crippen molar-refractivity contribution in [3.8, 4) is 17.0 Å². The summed E-state index contributed by atoms with van der Waals surface area (Å²) < 4.78 is 23.2. The zero-order valence-electron chi connectivity index (χ0n) is 25.7. The molecule has 1 aliphatic heterocycles. The number of para-hydroxylation sites is 1. The molecule has 2 aromatic heterocycles. The van der Waals surface area contributed by atoms with Crippen molar-refractivity contribution in [2.24, 2.45) is 7.05 Å². The van der Waals surface area contributed by atoms with E-state index < -0.39 is 18.1 Å². The number of ether oxygens (including phenoxy) is 4. The normalized spacial score (nSPS) is 13.0. The number of benzene rings is 2. The molecule has 3 heterocycles. The molecule has 2 aromatic carbocycles. The van der Waals surface area contributed by atoms with Gasteiger partial charge in [0.1, 0.15) is 11.3 Å². The van der Waals surface area contributed by atoms with E-state index in [1.807, 2.05) is 47.0 Å². The van der Waals surface area contributed by atoms with Crippen LogP contribution in [0.4, 0.5) is 32.6 Å². The van der Waals surface area contributed by atoms with Crippen LogP contribution >= 0.6 is 0 Å². The third-order valence-electron chi connectivity index (χ3n) is 7.07. The zero-order valence-corrected chi connectivity index (χ0v) is 25.7. The molecule has 0 bridgehead atoms. The maximum absolute atomic E-state index is 13.2. The second kappa shape index (κ2) is 13.5. The van der Waals surface area contributed by atoms with Gasteiger partial charge in [-0.15, -0.1) is 0 Å². The Kier molecular flexibility index (Phi) is 9.33. The number of amides is 3. The van der Waals surface area contributed by atoms with Gasteiger partial charge in [-0.3, -0.25) is 0 Å². The number of aromatic nitrogens is 3. The third-order valence-corrected chi connectivity index (χ3v) is 7.07. The molecule has 236 valence electrons. The van der Waals surface area contributed by atoms with Crippen molar-refractivity contribution in [3.05, 3.63) is 54.4 Å². The summed E-state index contributed by atoms with van der Waals surface area (Å²) in [6.07, 6.45) is 2.09. The van der Waals surface area contributed by atoms with Crippen LogP contribution in [0.25, 0.3) is 22.2 Å². The minimum Gasteiger partial charge on any atom is -0.494 e. The van der Waals surface area contributed by atoms with E-state index in [4.69, 9.17) is 19.2 Å². The van der Waals surface area contributed by atoms with Gasteiger partial charge in [-0.2, -0.15) is 0 Å². The molecule has 5 rings (SSSR count). The van der Waals surface area contributed by atoms with Gasteiger partial charge in [-0.1, -0.05) is 18.2 Å². The summed E-state index contributed by atoms with van der Waals surface area (Å²) in [7, 11) is 4.61. The number of nitrogens with zero attached hydrogens (tertiary/aromatic N) is 4. The predicted octanol–water partition coefficient (Wildman–Crippen LogP) is 4.68. The highest BCUT2D eigenvalue weighted by atomic mass is 16.5. The number of imide groups is 1. The van der Waals surface area contributed by atoms with Crippen LogP contribution in [0.2, 0.25) is 0 Å². The van der Waals surface area contributed by atoms with E-state index >= 15 is 0 Å². The van der Waals surface area contributed by atoms with Crippen LogP contribution in [0.5, 0.6) is 5.75 Å². The van der Waals surface area contributed by atoms with Gasteiger partial charge in [0.2, 0.25) is 5.95 Å². The number of rotatable bonds is 8. The molecule has 0 saturated carbocycles. The number of methoxy groups -OCH3 is 2. The summed E-state index contributed by atoms with van der Waals surface area (Å²) in [6, 6.07) is 10.4. The van der Waals surface area contributed by atoms with Crippen molar-refractivity contribution < 1.29 is 33.3 Å². The lowest BCUT2D eigenvalue weighted by Crippen LogP contribution is -2.38. The average Bonchev–Trinajstić information content (AvgIpc) is 3.37. The number of hydrogen-bond donors (Lipinski definition) is 3. The minimum atomic E-state index is -0.905. The van der Waals surface area contributed by atoms with Gasteiger partial charge in [0.25, 0.3) is 0 Å². The van der Waals surface area contributed by atoms with Crippen LogP contribution in [-0.4, -0.2) is 79.3 Å². The number of esters is 1. The van der Waals surface area contributed by atoms with E-state index in [-0.39, 0.29) is 17.6 Å². The van der Waals surface area contributed by atoms with Crippen molar-refractivity contribution >= 4 is 52.0 Å². The zero-order chi connectivity index (χ0) is 32.1. The van der Waals surface area contributed by atoms with E-state index in [2.05, 4.69) is 25.7 Å². The van der Waals surface area contributed by atoms with Crippen LogP contribution < -0.4 is 25.6 Å². The van der Waals surface area contributed by atoms with Crippen molar-refractivity contribution in [2.75, 3.05) is 56.1 Å². The van der Waals surface area contributed by atoms with Crippen LogP contribution in [0.15, 0.2) is 48.8 Å². The third kappa shape index (κ3) is 6.91. The molecule has 0 atom stereocenters. The Bertz CT molecular complexity index is 1730. The number of fused-ring (bicyclic) bond motifs is 1. The lowest BCUT2D eigenvalue weighted by Gasteiger charge is -2.31. The second-order valence-corrected chi connectivity index (χ2v) is 10.4. The molecule has 14 nitrogen and oxygen atoms in total. The number of anilines is 4. The first-order valence-corrected chi connectivity index (χ1v) is 14.3. The summed E-state index contributed by atoms with van der Waals surface area (Å²) in [5.74, 6) is 0.0606. The first-order chi connectivity index (χ1) is 21.7.